The van der Waals surface area contributed by atoms with Crippen LogP contribution in [0, 0.1) is 0 Å². The lowest BCUT2D eigenvalue weighted by Gasteiger charge is -2.25. The van der Waals surface area contributed by atoms with Crippen LogP contribution >= 0.6 is 0 Å². The number of carbonyl (C=O) groups is 1. The van der Waals surface area contributed by atoms with Crippen molar-refractivity contribution in [1.82, 2.24) is 0 Å². The van der Waals surface area contributed by atoms with Crippen LogP contribution in [0.1, 0.15) is 6.42 Å². The number of hydrogen-bond donors (Lipinski definition) is 2. The molecule has 0 bridgehead atoms. The molecule has 0 aromatic rings. The second kappa shape index (κ2) is 0.914. The molecule has 2 unspecified atom stereocenters. The molecule has 0 spiro atoms. The topological polar surface area (TPSA) is 60.2 Å². The molecule has 2 saturated carbocycles. The van der Waals surface area contributed by atoms with Crippen LogP contribution in [0.15, 0.2) is 0 Å². The molecule has 3 rings (SSSR count). The second-order valence-corrected chi connectivity index (χ2v) is 3.19. The molecule has 10 heavy (non-hydrogen) atoms. The van der Waals surface area contributed by atoms with Gasteiger partial charge in [-0.1, -0.05) is 0 Å². The highest BCUT2D eigenvalue weighted by Crippen LogP contribution is 2.96. The summed E-state index contributed by atoms with van der Waals surface area (Å²) >= 11 is 0. The predicted molar refractivity (Wildman–Crippen MR) is 29.3 cm³/mol. The van der Waals surface area contributed by atoms with Crippen molar-refractivity contribution in [2.45, 2.75) is 23.7 Å². The van der Waals surface area contributed by atoms with Crippen LogP contribution in [-0.2, 0) is 9.16 Å². The number of epoxide rings is 1. The molecule has 0 aromatic carbocycles. The van der Waals surface area contributed by atoms with E-state index in [1.54, 1.807) is 0 Å². The highest BCUT2D eigenvalue weighted by molar-refractivity contribution is 5.86. The number of rotatable bonds is 1. The summed E-state index contributed by atoms with van der Waals surface area (Å²) in [7, 11) is 0. The number of carbonyl (C=O) groups excluding carboxylic acids is 1. The molecule has 0 amide bonds. The first-order valence-corrected chi connectivity index (χ1v) is 3.28. The van der Waals surface area contributed by atoms with E-state index in [0.717, 1.165) is 6.42 Å². The average molecular weight is 143 g/mol. The van der Waals surface area contributed by atoms with Gasteiger partial charge in [-0.15, -0.1) is 0 Å². The zero-order valence-electron chi connectivity index (χ0n) is 5.20. The third-order valence-corrected chi connectivity index (χ3v) is 2.96. The Balaban J connectivity index is 1.80. The Bertz CT molecular complexity index is 234. The van der Waals surface area contributed by atoms with Crippen molar-refractivity contribution in [3.63, 3.8) is 0 Å². The summed E-state index contributed by atoms with van der Waals surface area (Å²) in [4.78, 5) is 10.7. The molecule has 4 heteroatoms. The Morgan fingerprint density at radius 1 is 1.70 bits per heavy atom. The van der Waals surface area contributed by atoms with Gasteiger partial charge in [-0.25, -0.2) is 0 Å². The largest absolute Gasteiger partial charge is 0.545 e. The van der Waals surface area contributed by atoms with Gasteiger partial charge in [-0.2, -0.15) is 0 Å². The van der Waals surface area contributed by atoms with E-state index in [0.29, 0.717) is 0 Å². The average Bonchev–Trinajstić information content (AvgIpc) is 2.75. The maximum absolute atomic E-state index is 10.7. The minimum absolute atomic E-state index is 0.243. The van der Waals surface area contributed by atoms with E-state index in [2.05, 4.69) is 4.37 Å². The first kappa shape index (κ1) is 5.09. The minimum atomic E-state index is -0.457. The van der Waals surface area contributed by atoms with Gasteiger partial charge in [0.2, 0.25) is 17.8 Å². The smallest absolute Gasteiger partial charge is 0.521 e. The normalized spacial score (nSPS) is 59.0. The maximum atomic E-state index is 10.7. The van der Waals surface area contributed by atoms with E-state index in [4.69, 9.17) is 10.2 Å². The zero-order valence-corrected chi connectivity index (χ0v) is 5.20. The third kappa shape index (κ3) is 0.205. The van der Waals surface area contributed by atoms with Crippen molar-refractivity contribution in [1.29, 1.82) is 0 Å². The Kier molecular flexibility index (Phi) is 0.466. The van der Waals surface area contributed by atoms with E-state index in [-0.39, 0.29) is 23.3 Å². The lowest BCUT2D eigenvalue weighted by atomic mass is 10.2. The van der Waals surface area contributed by atoms with Crippen molar-refractivity contribution in [3.8, 4) is 0 Å². The van der Waals surface area contributed by atoms with E-state index in [1.807, 2.05) is 0 Å². The Morgan fingerprint density at radius 2 is 2.30 bits per heavy atom. The van der Waals surface area contributed by atoms with Crippen molar-refractivity contribution in [3.05, 3.63) is 0 Å². The summed E-state index contributed by atoms with van der Waals surface area (Å²) < 4.78 is 2.36. The summed E-state index contributed by atoms with van der Waals surface area (Å²) in [5.74, 6) is -0.323. The molecule has 0 aromatic heterocycles. The summed E-state index contributed by atoms with van der Waals surface area (Å²) in [6.07, 6.45) is 0.609. The van der Waals surface area contributed by atoms with Gasteiger partial charge in [0.05, 0.1) is 6.42 Å². The van der Waals surface area contributed by atoms with Crippen LogP contribution < -0.4 is 0 Å². The first-order valence-electron chi connectivity index (χ1n) is 3.28. The Labute approximate surface area is 56.7 Å². The fourth-order valence-electron chi connectivity index (χ4n) is 2.08. The summed E-state index contributed by atoms with van der Waals surface area (Å²) in [6.45, 7) is -0.457. The molecule has 1 heterocycles. The number of aliphatic hydroxyl groups excluding tert-OH is 2. The van der Waals surface area contributed by atoms with Gasteiger partial charge in [0.25, 0.3) is 0 Å². The van der Waals surface area contributed by atoms with Crippen LogP contribution in [0.2, 0.25) is 0 Å². The molecule has 1 aliphatic heterocycles. The molecule has 3 aliphatic rings. The molecular formula is C6H7O4+. The lowest BCUT2D eigenvalue weighted by molar-refractivity contribution is -0.221. The van der Waals surface area contributed by atoms with Crippen molar-refractivity contribution in [2.24, 2.45) is 0 Å². The SMILES string of the molecule is O=C(CO)[O+]1C23CC12C3O. The van der Waals surface area contributed by atoms with E-state index in [1.165, 1.54) is 0 Å². The fraction of sp³-hybridized carbons (Fsp3) is 0.833. The standard InChI is InChI=1S/C6H7O4/c7-1-3(8)10-5-2-6(5,10)4(5)9/h4,7,9H,1-2H2/q+1. The van der Waals surface area contributed by atoms with E-state index >= 15 is 0 Å². The third-order valence-electron chi connectivity index (χ3n) is 2.96. The van der Waals surface area contributed by atoms with Crippen LogP contribution in [0.25, 0.3) is 0 Å². The van der Waals surface area contributed by atoms with Crippen molar-refractivity contribution >= 4 is 5.97 Å². The highest BCUT2D eigenvalue weighted by Gasteiger charge is 3.22. The highest BCUT2D eigenvalue weighted by atomic mass is 16.9. The molecule has 2 aliphatic carbocycles. The van der Waals surface area contributed by atoms with Gasteiger partial charge >= 0.3 is 5.97 Å². The second-order valence-electron chi connectivity index (χ2n) is 3.19. The van der Waals surface area contributed by atoms with Gasteiger partial charge in [0.15, 0.2) is 6.10 Å². The minimum Gasteiger partial charge on any atom is -0.521 e. The first-order chi connectivity index (χ1) is 4.72. The van der Waals surface area contributed by atoms with E-state index in [9.17, 15) is 4.79 Å². The quantitative estimate of drug-likeness (QED) is 0.262. The molecule has 4 nitrogen and oxygen atoms in total. The zero-order chi connectivity index (χ0) is 7.15. The molecule has 2 atom stereocenters. The number of aliphatic hydroxyl groups is 2. The molecule has 54 valence electrons. The van der Waals surface area contributed by atoms with Crippen molar-refractivity contribution < 1.29 is 19.4 Å². The fourth-order valence-corrected chi connectivity index (χ4v) is 2.08. The van der Waals surface area contributed by atoms with Gasteiger partial charge in [-0.3, -0.25) is 0 Å². The van der Waals surface area contributed by atoms with Gasteiger partial charge in [0.1, 0.15) is 0 Å². The Hall–Kier alpha value is -0.610. The summed E-state index contributed by atoms with van der Waals surface area (Å²) in [5.41, 5.74) is -0.486. The lowest BCUT2D eigenvalue weighted by Crippen LogP contribution is -2.41. The van der Waals surface area contributed by atoms with Crippen LogP contribution in [0.4, 0.5) is 0 Å². The van der Waals surface area contributed by atoms with Gasteiger partial charge < -0.3 is 14.6 Å². The molecule has 1 saturated heterocycles. The monoisotopic (exact) mass is 143 g/mol. The molecule has 2 N–H and O–H groups in total. The summed E-state index contributed by atoms with van der Waals surface area (Å²) in [5, 5.41) is 17.4. The van der Waals surface area contributed by atoms with Gasteiger partial charge in [-0.05, 0) is 0 Å². The van der Waals surface area contributed by atoms with Crippen LogP contribution in [0.5, 0.6) is 0 Å². The Morgan fingerprint density at radius 3 is 2.60 bits per heavy atom. The maximum Gasteiger partial charge on any atom is 0.545 e. The predicted octanol–water partition coefficient (Wildman–Crippen LogP) is -1.67. The summed E-state index contributed by atoms with van der Waals surface area (Å²) in [6, 6.07) is 0. The van der Waals surface area contributed by atoms with E-state index < -0.39 is 6.61 Å². The molecule has 0 radical (unpaired) electrons. The van der Waals surface area contributed by atoms with Crippen LogP contribution in [-0.4, -0.2) is 40.1 Å². The number of hydrogen-bond acceptors (Lipinski definition) is 3. The van der Waals surface area contributed by atoms with Crippen LogP contribution in [0.3, 0.4) is 0 Å². The van der Waals surface area contributed by atoms with Gasteiger partial charge in [0, 0.05) is 4.79 Å². The van der Waals surface area contributed by atoms with Crippen molar-refractivity contribution in [2.75, 3.05) is 6.61 Å². The molecule has 3 fully saturated rings. The molecular weight excluding hydrogens is 136 g/mol.